The van der Waals surface area contributed by atoms with Gasteiger partial charge in [0.05, 0.1) is 11.1 Å². The fraction of sp³-hybridized carbons (Fsp3) is 0.179. The van der Waals surface area contributed by atoms with Crippen molar-refractivity contribution in [3.63, 3.8) is 0 Å². The van der Waals surface area contributed by atoms with Crippen LogP contribution in [0.1, 0.15) is 33.6 Å². The number of primary amides is 1. The van der Waals surface area contributed by atoms with Crippen LogP contribution in [0.5, 0.6) is 0 Å². The lowest BCUT2D eigenvalue weighted by Crippen LogP contribution is -2.30. The number of benzene rings is 3. The van der Waals surface area contributed by atoms with Gasteiger partial charge in [-0.2, -0.15) is 26.3 Å². The van der Waals surface area contributed by atoms with Gasteiger partial charge in [0.1, 0.15) is 22.9 Å². The Hall–Kier alpha value is -4.75. The molecule has 1 aromatic heterocycles. The summed E-state index contributed by atoms with van der Waals surface area (Å²) in [5.41, 5.74) is -1.39. The van der Waals surface area contributed by atoms with Crippen LogP contribution in [0.25, 0.3) is 21.9 Å². The number of carboxylic acids is 1. The summed E-state index contributed by atoms with van der Waals surface area (Å²) >= 11 is 0. The zero-order valence-corrected chi connectivity index (χ0v) is 21.4. The van der Waals surface area contributed by atoms with Crippen LogP contribution in [-0.2, 0) is 30.6 Å². The third-order valence-electron chi connectivity index (χ3n) is 6.13. The molecule has 0 fully saturated rings. The van der Waals surface area contributed by atoms with Gasteiger partial charge >= 0.3 is 18.3 Å². The summed E-state index contributed by atoms with van der Waals surface area (Å²) in [4.78, 5) is 34.0. The molecular formula is C28H20F8N2O4. The smallest absolute Gasteiger partial charge is 0.431 e. The highest BCUT2D eigenvalue weighted by molar-refractivity contribution is 5.99. The number of halogens is 8. The van der Waals surface area contributed by atoms with Gasteiger partial charge < -0.3 is 15.4 Å². The molecule has 0 radical (unpaired) electrons. The van der Waals surface area contributed by atoms with Gasteiger partial charge in [-0.1, -0.05) is 42.5 Å². The van der Waals surface area contributed by atoms with E-state index in [9.17, 15) is 49.5 Å². The molecule has 1 amide bonds. The summed E-state index contributed by atoms with van der Waals surface area (Å²) in [5.74, 6) is -4.03. The van der Waals surface area contributed by atoms with Crippen molar-refractivity contribution in [2.45, 2.75) is 25.2 Å². The van der Waals surface area contributed by atoms with E-state index >= 15 is 0 Å². The Morgan fingerprint density at radius 3 is 1.90 bits per heavy atom. The molecule has 3 aromatic carbocycles. The Morgan fingerprint density at radius 1 is 0.857 bits per heavy atom. The third kappa shape index (κ3) is 6.75. The van der Waals surface area contributed by atoms with E-state index in [1.165, 1.54) is 24.3 Å². The topological polar surface area (TPSA) is 102 Å². The molecule has 0 bridgehead atoms. The molecule has 1 heterocycles. The van der Waals surface area contributed by atoms with Gasteiger partial charge in [0, 0.05) is 13.5 Å². The number of aromatic nitrogens is 1. The third-order valence-corrected chi connectivity index (χ3v) is 6.13. The van der Waals surface area contributed by atoms with E-state index in [0.717, 1.165) is 25.2 Å². The van der Waals surface area contributed by atoms with Crippen molar-refractivity contribution < 1.29 is 49.8 Å². The lowest BCUT2D eigenvalue weighted by Gasteiger charge is -2.20. The van der Waals surface area contributed by atoms with E-state index in [2.05, 4.69) is 0 Å². The average Bonchev–Trinajstić information content (AvgIpc) is 2.87. The minimum Gasteiger partial charge on any atom is -0.481 e. The number of fused-ring (bicyclic) bond motifs is 1. The summed E-state index contributed by atoms with van der Waals surface area (Å²) in [5, 5.41) is 9.52. The second kappa shape index (κ2) is 12.0. The normalized spacial score (nSPS) is 11.6. The SMILES string of the molecule is Cn1c(C(F)(F)F)cc(C(F)(F)F)c(-c2cccc3c(CCC(=O)O)cccc23)c1=O.NC(=O)c1c(F)cccc1F. The summed E-state index contributed by atoms with van der Waals surface area (Å²) in [6.45, 7) is 0. The number of aliphatic carboxylic acids is 1. The first-order valence-corrected chi connectivity index (χ1v) is 11.8. The van der Waals surface area contributed by atoms with Gasteiger partial charge in [0.25, 0.3) is 11.5 Å². The van der Waals surface area contributed by atoms with Crippen molar-refractivity contribution in [3.05, 3.63) is 105 Å². The van der Waals surface area contributed by atoms with E-state index in [4.69, 9.17) is 10.8 Å². The number of hydrogen-bond donors (Lipinski definition) is 2. The average molecular weight is 600 g/mol. The zero-order valence-electron chi connectivity index (χ0n) is 21.4. The van der Waals surface area contributed by atoms with Crippen molar-refractivity contribution in [2.24, 2.45) is 12.8 Å². The van der Waals surface area contributed by atoms with E-state index < -0.39 is 63.8 Å². The van der Waals surface area contributed by atoms with Crippen LogP contribution in [0.4, 0.5) is 35.1 Å². The maximum absolute atomic E-state index is 13.7. The second-order valence-electron chi connectivity index (χ2n) is 8.85. The number of amides is 1. The van der Waals surface area contributed by atoms with Crippen LogP contribution in [0, 0.1) is 11.6 Å². The number of aryl methyl sites for hydroxylation is 1. The van der Waals surface area contributed by atoms with Gasteiger partial charge in [0.15, 0.2) is 0 Å². The number of carboxylic acid groups (broad SMARTS) is 1. The maximum Gasteiger partial charge on any atom is 0.431 e. The number of alkyl halides is 6. The number of nitrogens with two attached hydrogens (primary N) is 1. The van der Waals surface area contributed by atoms with Crippen LogP contribution in [0.15, 0.2) is 65.5 Å². The number of pyridine rings is 1. The summed E-state index contributed by atoms with van der Waals surface area (Å²) < 4.78 is 106. The van der Waals surface area contributed by atoms with Crippen molar-refractivity contribution in [3.8, 4) is 11.1 Å². The highest BCUT2D eigenvalue weighted by Crippen LogP contribution is 2.41. The number of carbonyl (C=O) groups excluding carboxylic acids is 1. The first-order chi connectivity index (χ1) is 19.4. The molecule has 14 heteroatoms. The predicted octanol–water partition coefficient (Wildman–Crippen LogP) is 6.32. The monoisotopic (exact) mass is 600 g/mol. The van der Waals surface area contributed by atoms with Crippen molar-refractivity contribution in [2.75, 3.05) is 0 Å². The Balaban J connectivity index is 0.000000369. The molecule has 4 aromatic rings. The highest BCUT2D eigenvalue weighted by Gasteiger charge is 2.41. The van der Waals surface area contributed by atoms with Crippen molar-refractivity contribution in [1.29, 1.82) is 0 Å². The molecular weight excluding hydrogens is 580 g/mol. The number of hydrogen-bond acceptors (Lipinski definition) is 3. The Morgan fingerprint density at radius 2 is 1.40 bits per heavy atom. The minimum absolute atomic E-state index is 0.0656. The minimum atomic E-state index is -5.22. The molecule has 0 unspecified atom stereocenters. The lowest BCUT2D eigenvalue weighted by molar-refractivity contribution is -0.147. The van der Waals surface area contributed by atoms with Crippen molar-refractivity contribution >= 4 is 22.6 Å². The first-order valence-electron chi connectivity index (χ1n) is 11.8. The molecule has 6 nitrogen and oxygen atoms in total. The lowest BCUT2D eigenvalue weighted by atomic mass is 9.92. The molecule has 0 atom stereocenters. The Kier molecular flexibility index (Phi) is 9.08. The molecule has 222 valence electrons. The second-order valence-corrected chi connectivity index (χ2v) is 8.85. The van der Waals surface area contributed by atoms with Gasteiger partial charge in [-0.15, -0.1) is 0 Å². The standard InChI is InChI=1S/C21H15F6NO3.C7H5F2NO/c1-28-16(21(25,26)27)10-15(20(22,23)24)18(19(28)31)14-7-3-5-12-11(8-9-17(29)30)4-2-6-13(12)14;8-4-2-1-3-5(9)6(4)7(10)11/h2-7,10H,8-9H2,1H3,(H,29,30);1-3H,(H2,10,11). The molecule has 0 aliphatic heterocycles. The summed E-state index contributed by atoms with van der Waals surface area (Å²) in [6, 6.07) is 11.7. The van der Waals surface area contributed by atoms with Crippen molar-refractivity contribution in [1.82, 2.24) is 4.57 Å². The molecule has 3 N–H and O–H groups in total. The van der Waals surface area contributed by atoms with Gasteiger partial charge in [-0.25, -0.2) is 8.78 Å². The van der Waals surface area contributed by atoms with Crippen LogP contribution >= 0.6 is 0 Å². The quantitative estimate of drug-likeness (QED) is 0.262. The molecule has 0 spiro atoms. The van der Waals surface area contributed by atoms with Gasteiger partial charge in [-0.05, 0) is 46.5 Å². The molecule has 0 saturated heterocycles. The summed E-state index contributed by atoms with van der Waals surface area (Å²) in [6.07, 6.45) is -10.5. The zero-order chi connectivity index (χ0) is 31.6. The predicted molar refractivity (Wildman–Crippen MR) is 135 cm³/mol. The van der Waals surface area contributed by atoms with Gasteiger partial charge in [-0.3, -0.25) is 14.4 Å². The van der Waals surface area contributed by atoms with Crippen LogP contribution in [0.3, 0.4) is 0 Å². The molecule has 42 heavy (non-hydrogen) atoms. The fourth-order valence-electron chi connectivity index (χ4n) is 4.24. The van der Waals surface area contributed by atoms with E-state index in [1.807, 2.05) is 0 Å². The highest BCUT2D eigenvalue weighted by atomic mass is 19.4. The molecule has 0 aliphatic carbocycles. The summed E-state index contributed by atoms with van der Waals surface area (Å²) in [7, 11) is 0.762. The van der Waals surface area contributed by atoms with Crippen LogP contribution in [-0.4, -0.2) is 21.6 Å². The van der Waals surface area contributed by atoms with Gasteiger partial charge in [0.2, 0.25) is 0 Å². The van der Waals surface area contributed by atoms with Crippen LogP contribution < -0.4 is 11.3 Å². The first kappa shape index (κ1) is 31.8. The maximum atomic E-state index is 13.7. The fourth-order valence-corrected chi connectivity index (χ4v) is 4.24. The largest absolute Gasteiger partial charge is 0.481 e. The van der Waals surface area contributed by atoms with E-state index in [-0.39, 0.29) is 34.4 Å². The van der Waals surface area contributed by atoms with E-state index in [0.29, 0.717) is 10.9 Å². The van der Waals surface area contributed by atoms with Crippen LogP contribution in [0.2, 0.25) is 0 Å². The number of carbonyl (C=O) groups is 2. The molecule has 0 saturated carbocycles. The Bertz CT molecular complexity index is 1710. The molecule has 0 aliphatic rings. The number of nitrogens with zero attached hydrogens (tertiary/aromatic N) is 1. The Labute approximate surface area is 231 Å². The number of rotatable bonds is 5. The molecule has 4 rings (SSSR count). The van der Waals surface area contributed by atoms with E-state index in [1.54, 1.807) is 12.1 Å².